The van der Waals surface area contributed by atoms with Gasteiger partial charge in [-0.15, -0.1) is 0 Å². The van der Waals surface area contributed by atoms with Crippen molar-refractivity contribution in [3.8, 4) is 0 Å². The molecule has 1 aliphatic carbocycles. The number of aliphatic hydroxyl groups excluding tert-OH is 2. The van der Waals surface area contributed by atoms with Gasteiger partial charge in [0, 0.05) is 5.92 Å². The number of carbonyl (C=O) groups excluding carboxylic acids is 2. The molecule has 0 bridgehead atoms. The molecule has 0 aromatic carbocycles. The highest BCUT2D eigenvalue weighted by atomic mass is 16.4. The van der Waals surface area contributed by atoms with Crippen molar-refractivity contribution in [1.29, 1.82) is 0 Å². The van der Waals surface area contributed by atoms with Gasteiger partial charge >= 0.3 is 0 Å². The maximum absolute atomic E-state index is 12.9. The van der Waals surface area contributed by atoms with Crippen LogP contribution in [0.3, 0.4) is 0 Å². The number of hydrogen-bond acceptors (Lipinski definition) is 5. The Bertz CT molecular complexity index is 549. The Hall–Kier alpha value is -1.20. The third kappa shape index (κ3) is 4.55. The summed E-state index contributed by atoms with van der Waals surface area (Å²) < 4.78 is 0. The summed E-state index contributed by atoms with van der Waals surface area (Å²) in [6.45, 7) is 11.5. The summed E-state index contributed by atoms with van der Waals surface area (Å²) in [7, 11) is 0. The van der Waals surface area contributed by atoms with Crippen molar-refractivity contribution in [1.82, 2.24) is 0 Å². The van der Waals surface area contributed by atoms with Gasteiger partial charge in [-0.3, -0.25) is 9.59 Å². The van der Waals surface area contributed by atoms with Crippen LogP contribution in [0.4, 0.5) is 0 Å². The topological polar surface area (TPSA) is 94.8 Å². The predicted molar refractivity (Wildman–Crippen MR) is 102 cm³/mol. The van der Waals surface area contributed by atoms with Crippen molar-refractivity contribution in [3.05, 3.63) is 11.3 Å². The molecular weight excluding hydrogens is 332 g/mol. The predicted octanol–water partition coefficient (Wildman–Crippen LogP) is 3.58. The van der Waals surface area contributed by atoms with Crippen LogP contribution in [0.15, 0.2) is 11.3 Å². The summed E-state index contributed by atoms with van der Waals surface area (Å²) in [5, 5.41) is 32.6. The van der Waals surface area contributed by atoms with Crippen molar-refractivity contribution >= 4 is 11.6 Å². The number of Topliss-reactive ketones (excluding diaryl/α,β-unsaturated/α-hetero) is 2. The van der Waals surface area contributed by atoms with Crippen LogP contribution in [0.1, 0.15) is 73.6 Å². The molecule has 5 nitrogen and oxygen atoms in total. The zero-order valence-electron chi connectivity index (χ0n) is 17.1. The van der Waals surface area contributed by atoms with Crippen LogP contribution in [0.25, 0.3) is 0 Å². The van der Waals surface area contributed by atoms with Crippen LogP contribution in [-0.4, -0.2) is 38.6 Å². The summed E-state index contributed by atoms with van der Waals surface area (Å²) in [5.74, 6) is -2.39. The smallest absolute Gasteiger partial charge is 0.176 e. The van der Waals surface area contributed by atoms with E-state index in [9.17, 15) is 24.9 Å². The minimum Gasteiger partial charge on any atom is -0.508 e. The molecule has 0 fully saturated rings. The summed E-state index contributed by atoms with van der Waals surface area (Å²) in [4.78, 5) is 25.6. The second-order valence-corrected chi connectivity index (χ2v) is 8.60. The van der Waals surface area contributed by atoms with E-state index in [0.29, 0.717) is 37.5 Å². The average Bonchev–Trinajstić information content (AvgIpc) is 2.76. The van der Waals surface area contributed by atoms with Crippen LogP contribution in [0.2, 0.25) is 0 Å². The molecule has 3 N–H and O–H groups in total. The lowest BCUT2D eigenvalue weighted by Gasteiger charge is -2.34. The van der Waals surface area contributed by atoms with Gasteiger partial charge in [-0.05, 0) is 37.5 Å². The number of carbonyl (C=O) groups is 2. The van der Waals surface area contributed by atoms with E-state index in [2.05, 4.69) is 0 Å². The molecule has 0 aromatic rings. The molecule has 0 radical (unpaired) electrons. The normalized spacial score (nSPS) is 26.1. The molecule has 26 heavy (non-hydrogen) atoms. The molecule has 5 heteroatoms. The van der Waals surface area contributed by atoms with Gasteiger partial charge in [0.1, 0.15) is 11.3 Å². The second-order valence-electron chi connectivity index (χ2n) is 8.60. The second kappa shape index (κ2) is 9.14. The minimum atomic E-state index is -2.07. The largest absolute Gasteiger partial charge is 0.508 e. The van der Waals surface area contributed by atoms with Gasteiger partial charge in [0.2, 0.25) is 0 Å². The monoisotopic (exact) mass is 368 g/mol. The fourth-order valence-corrected chi connectivity index (χ4v) is 3.48. The lowest BCUT2D eigenvalue weighted by Crippen LogP contribution is -2.49. The van der Waals surface area contributed by atoms with E-state index in [1.807, 2.05) is 34.6 Å². The summed E-state index contributed by atoms with van der Waals surface area (Å²) in [6.07, 6.45) is 1.15. The molecule has 0 heterocycles. The van der Waals surface area contributed by atoms with Crippen LogP contribution in [0.5, 0.6) is 0 Å². The van der Waals surface area contributed by atoms with E-state index in [1.54, 1.807) is 6.92 Å². The molecule has 0 amide bonds. The Labute approximate surface area is 157 Å². The molecular formula is C21H36O5. The molecule has 0 saturated carbocycles. The fourth-order valence-electron chi connectivity index (χ4n) is 3.48. The Morgan fingerprint density at radius 1 is 1.08 bits per heavy atom. The zero-order valence-corrected chi connectivity index (χ0v) is 17.1. The van der Waals surface area contributed by atoms with Crippen LogP contribution >= 0.6 is 0 Å². The number of allylic oxidation sites excluding steroid dienone is 1. The standard InChI is InChI=1S/C21H36O5/c1-7-14(6)18(23)17-19(24)15(10-8-12(2)3)21(26,20(17)25)16(22)11-9-13(4)5/h12-16,22,25-26H,7-11H2,1-6H3/t14?,15-,16?,21+/m0/s1. The number of ketones is 2. The van der Waals surface area contributed by atoms with Crippen molar-refractivity contribution < 1.29 is 24.9 Å². The molecule has 1 rings (SSSR count). The third-order valence-corrected chi connectivity index (χ3v) is 5.57. The first-order valence-electron chi connectivity index (χ1n) is 9.90. The Morgan fingerprint density at radius 2 is 1.62 bits per heavy atom. The van der Waals surface area contributed by atoms with Gasteiger partial charge in [-0.1, -0.05) is 48.0 Å². The molecule has 2 unspecified atom stereocenters. The summed E-state index contributed by atoms with van der Waals surface area (Å²) in [5.41, 5.74) is -2.38. The summed E-state index contributed by atoms with van der Waals surface area (Å²) in [6, 6.07) is 0. The van der Waals surface area contributed by atoms with Crippen LogP contribution in [0, 0.1) is 23.7 Å². The molecule has 0 aliphatic heterocycles. The molecule has 1 aliphatic rings. The first kappa shape index (κ1) is 22.8. The SMILES string of the molecule is CCC(C)C(=O)C1=C(O)[C@](O)(C(O)CCC(C)C)[C@@H](CCC(C)C)C1=O. The molecule has 0 aromatic heterocycles. The van der Waals surface area contributed by atoms with Crippen molar-refractivity contribution in [2.24, 2.45) is 23.7 Å². The number of aliphatic hydroxyl groups is 3. The molecule has 0 spiro atoms. The Morgan fingerprint density at radius 3 is 2.08 bits per heavy atom. The highest BCUT2D eigenvalue weighted by Crippen LogP contribution is 2.44. The van der Waals surface area contributed by atoms with Crippen LogP contribution < -0.4 is 0 Å². The number of rotatable bonds is 10. The van der Waals surface area contributed by atoms with Crippen molar-refractivity contribution in [3.63, 3.8) is 0 Å². The molecule has 0 saturated heterocycles. The fraction of sp³-hybridized carbons (Fsp3) is 0.810. The zero-order chi connectivity index (χ0) is 20.2. The van der Waals surface area contributed by atoms with Gasteiger partial charge in [0.15, 0.2) is 17.2 Å². The first-order chi connectivity index (χ1) is 12.0. The van der Waals surface area contributed by atoms with E-state index in [4.69, 9.17) is 0 Å². The summed E-state index contributed by atoms with van der Waals surface area (Å²) >= 11 is 0. The van der Waals surface area contributed by atoms with Crippen molar-refractivity contribution in [2.75, 3.05) is 0 Å². The van der Waals surface area contributed by atoms with E-state index < -0.39 is 40.9 Å². The highest BCUT2D eigenvalue weighted by molar-refractivity contribution is 6.24. The van der Waals surface area contributed by atoms with E-state index in [-0.39, 0.29) is 12.0 Å². The van der Waals surface area contributed by atoms with E-state index in [0.717, 1.165) is 0 Å². The lowest BCUT2D eigenvalue weighted by molar-refractivity contribution is -0.137. The van der Waals surface area contributed by atoms with E-state index in [1.165, 1.54) is 0 Å². The highest BCUT2D eigenvalue weighted by Gasteiger charge is 2.58. The third-order valence-electron chi connectivity index (χ3n) is 5.57. The maximum Gasteiger partial charge on any atom is 0.176 e. The molecule has 150 valence electrons. The minimum absolute atomic E-state index is 0.258. The van der Waals surface area contributed by atoms with Gasteiger partial charge < -0.3 is 15.3 Å². The van der Waals surface area contributed by atoms with Crippen LogP contribution in [-0.2, 0) is 9.59 Å². The van der Waals surface area contributed by atoms with Gasteiger partial charge in [0.25, 0.3) is 0 Å². The Kier molecular flexibility index (Phi) is 8.03. The lowest BCUT2D eigenvalue weighted by atomic mass is 9.78. The molecule has 4 atom stereocenters. The average molecular weight is 369 g/mol. The number of hydrogen-bond donors (Lipinski definition) is 3. The van der Waals surface area contributed by atoms with Gasteiger partial charge in [-0.2, -0.15) is 0 Å². The quantitative estimate of drug-likeness (QED) is 0.512. The van der Waals surface area contributed by atoms with E-state index >= 15 is 0 Å². The van der Waals surface area contributed by atoms with Crippen molar-refractivity contribution in [2.45, 2.75) is 85.4 Å². The maximum atomic E-state index is 12.9. The Balaban J connectivity index is 3.29. The first-order valence-corrected chi connectivity index (χ1v) is 9.90. The van der Waals surface area contributed by atoms with Gasteiger partial charge in [-0.25, -0.2) is 0 Å². The van der Waals surface area contributed by atoms with Gasteiger partial charge in [0.05, 0.1) is 12.0 Å².